The van der Waals surface area contributed by atoms with Crippen LogP contribution in [-0.2, 0) is 0 Å². The molecule has 1 aromatic heterocycles. The van der Waals surface area contributed by atoms with Gasteiger partial charge in [0.2, 0.25) is 0 Å². The predicted octanol–water partition coefficient (Wildman–Crippen LogP) is 0.609. The first kappa shape index (κ1) is 12.0. The Morgan fingerprint density at radius 2 is 2.29 bits per heavy atom. The fourth-order valence-electron chi connectivity index (χ4n) is 2.05. The van der Waals surface area contributed by atoms with Crippen molar-refractivity contribution in [1.29, 1.82) is 0 Å². The van der Waals surface area contributed by atoms with Gasteiger partial charge < -0.3 is 10.2 Å². The van der Waals surface area contributed by atoms with E-state index in [1.165, 1.54) is 6.20 Å². The molecule has 0 aromatic carbocycles. The summed E-state index contributed by atoms with van der Waals surface area (Å²) in [5.41, 5.74) is 1.21. The summed E-state index contributed by atoms with van der Waals surface area (Å²) in [5, 5.41) is 3.00. The first-order chi connectivity index (χ1) is 8.15. The molecule has 1 atom stereocenters. The van der Waals surface area contributed by atoms with Crippen LogP contribution >= 0.6 is 0 Å². The number of nitrogens with zero attached hydrogens (tertiary/aromatic N) is 3. The molecule has 0 radical (unpaired) electrons. The van der Waals surface area contributed by atoms with E-state index in [4.69, 9.17) is 0 Å². The number of aryl methyl sites for hydroxylation is 1. The van der Waals surface area contributed by atoms with Crippen LogP contribution in [0.25, 0.3) is 0 Å². The zero-order valence-electron chi connectivity index (χ0n) is 10.3. The SMILES string of the molecule is Cc1cnc(C(=O)N[C@@H]2CCCN(C)C2)cn1. The molecule has 1 aliphatic rings. The van der Waals surface area contributed by atoms with Gasteiger partial charge in [0.05, 0.1) is 11.9 Å². The lowest BCUT2D eigenvalue weighted by Gasteiger charge is -2.30. The van der Waals surface area contributed by atoms with E-state index in [2.05, 4.69) is 27.2 Å². The number of aromatic nitrogens is 2. The number of hydrogen-bond donors (Lipinski definition) is 1. The molecule has 1 aliphatic heterocycles. The molecule has 2 rings (SSSR count). The first-order valence-electron chi connectivity index (χ1n) is 5.93. The number of piperidine rings is 1. The van der Waals surface area contributed by atoms with E-state index < -0.39 is 0 Å². The van der Waals surface area contributed by atoms with Crippen LogP contribution in [0.15, 0.2) is 12.4 Å². The van der Waals surface area contributed by atoms with E-state index in [-0.39, 0.29) is 11.9 Å². The molecule has 17 heavy (non-hydrogen) atoms. The van der Waals surface area contributed by atoms with Crippen molar-refractivity contribution in [3.05, 3.63) is 23.8 Å². The number of amides is 1. The van der Waals surface area contributed by atoms with Crippen LogP contribution in [0, 0.1) is 6.92 Å². The number of likely N-dealkylation sites (tertiary alicyclic amines) is 1. The summed E-state index contributed by atoms with van der Waals surface area (Å²) in [6.45, 7) is 3.87. The molecule has 0 spiro atoms. The molecule has 0 saturated carbocycles. The highest BCUT2D eigenvalue weighted by atomic mass is 16.1. The highest BCUT2D eigenvalue weighted by Gasteiger charge is 2.19. The molecule has 0 bridgehead atoms. The largest absolute Gasteiger partial charge is 0.347 e. The van der Waals surface area contributed by atoms with Crippen molar-refractivity contribution < 1.29 is 4.79 Å². The number of nitrogens with one attached hydrogen (secondary N) is 1. The highest BCUT2D eigenvalue weighted by molar-refractivity contribution is 5.92. The molecule has 0 aliphatic carbocycles. The van der Waals surface area contributed by atoms with E-state index in [0.29, 0.717) is 5.69 Å². The predicted molar refractivity (Wildman–Crippen MR) is 64.8 cm³/mol. The number of rotatable bonds is 2. The van der Waals surface area contributed by atoms with E-state index in [1.807, 2.05) is 6.92 Å². The second-order valence-corrected chi connectivity index (χ2v) is 4.62. The minimum Gasteiger partial charge on any atom is -0.347 e. The minimum atomic E-state index is -0.127. The van der Waals surface area contributed by atoms with Gasteiger partial charge in [0, 0.05) is 18.8 Å². The second-order valence-electron chi connectivity index (χ2n) is 4.62. The van der Waals surface area contributed by atoms with Gasteiger partial charge in [0.1, 0.15) is 5.69 Å². The van der Waals surface area contributed by atoms with Crippen molar-refractivity contribution in [2.45, 2.75) is 25.8 Å². The van der Waals surface area contributed by atoms with Gasteiger partial charge in [-0.25, -0.2) is 4.98 Å². The minimum absolute atomic E-state index is 0.127. The molecule has 5 nitrogen and oxygen atoms in total. The van der Waals surface area contributed by atoms with Gasteiger partial charge in [-0.05, 0) is 33.4 Å². The van der Waals surface area contributed by atoms with Crippen LogP contribution in [-0.4, -0.2) is 47.0 Å². The summed E-state index contributed by atoms with van der Waals surface area (Å²) >= 11 is 0. The fourth-order valence-corrected chi connectivity index (χ4v) is 2.05. The highest BCUT2D eigenvalue weighted by Crippen LogP contribution is 2.08. The van der Waals surface area contributed by atoms with Crippen molar-refractivity contribution in [3.63, 3.8) is 0 Å². The lowest BCUT2D eigenvalue weighted by molar-refractivity contribution is 0.0907. The molecule has 1 saturated heterocycles. The summed E-state index contributed by atoms with van der Waals surface area (Å²) < 4.78 is 0. The van der Waals surface area contributed by atoms with Gasteiger partial charge in [-0.2, -0.15) is 0 Å². The number of carbonyl (C=O) groups excluding carboxylic acids is 1. The number of likely N-dealkylation sites (N-methyl/N-ethyl adjacent to an activating group) is 1. The molecule has 5 heteroatoms. The Kier molecular flexibility index (Phi) is 3.68. The summed E-state index contributed by atoms with van der Waals surface area (Å²) in [7, 11) is 2.07. The van der Waals surface area contributed by atoms with Gasteiger partial charge in [0.25, 0.3) is 5.91 Å². The number of hydrogen-bond acceptors (Lipinski definition) is 4. The molecular weight excluding hydrogens is 216 g/mol. The quantitative estimate of drug-likeness (QED) is 0.814. The monoisotopic (exact) mass is 234 g/mol. The zero-order valence-corrected chi connectivity index (χ0v) is 10.3. The van der Waals surface area contributed by atoms with Crippen molar-refractivity contribution >= 4 is 5.91 Å². The molecule has 0 unspecified atom stereocenters. The molecule has 1 amide bonds. The third-order valence-electron chi connectivity index (χ3n) is 2.97. The molecule has 2 heterocycles. The molecule has 1 fully saturated rings. The fraction of sp³-hybridized carbons (Fsp3) is 0.583. The van der Waals surface area contributed by atoms with Gasteiger partial charge in [-0.3, -0.25) is 9.78 Å². The molecule has 1 aromatic rings. The lowest BCUT2D eigenvalue weighted by atomic mass is 10.1. The maximum Gasteiger partial charge on any atom is 0.271 e. The van der Waals surface area contributed by atoms with Gasteiger partial charge in [0.15, 0.2) is 0 Å². The van der Waals surface area contributed by atoms with E-state index in [1.54, 1.807) is 6.20 Å². The molecule has 1 N–H and O–H groups in total. The summed E-state index contributed by atoms with van der Waals surface area (Å²) in [6, 6.07) is 0.226. The summed E-state index contributed by atoms with van der Waals surface area (Å²) in [5.74, 6) is -0.127. The first-order valence-corrected chi connectivity index (χ1v) is 5.93. The van der Waals surface area contributed by atoms with E-state index in [0.717, 1.165) is 31.6 Å². The van der Waals surface area contributed by atoms with Crippen molar-refractivity contribution in [2.75, 3.05) is 20.1 Å². The standard InChI is InChI=1S/C12H18N4O/c1-9-6-14-11(7-13-9)12(17)15-10-4-3-5-16(2)8-10/h6-7,10H,3-5,8H2,1-2H3,(H,15,17)/t10-/m1/s1. The summed E-state index contributed by atoms with van der Waals surface area (Å²) in [4.78, 5) is 22.3. The van der Waals surface area contributed by atoms with Crippen LogP contribution in [0.3, 0.4) is 0 Å². The Hall–Kier alpha value is -1.49. The Morgan fingerprint density at radius 3 is 2.94 bits per heavy atom. The van der Waals surface area contributed by atoms with Crippen LogP contribution < -0.4 is 5.32 Å². The normalized spacial score (nSPS) is 21.2. The van der Waals surface area contributed by atoms with Gasteiger partial charge in [-0.1, -0.05) is 0 Å². The Morgan fingerprint density at radius 1 is 1.47 bits per heavy atom. The Bertz CT molecular complexity index is 390. The van der Waals surface area contributed by atoms with Crippen molar-refractivity contribution in [3.8, 4) is 0 Å². The molecular formula is C12H18N4O. The average molecular weight is 234 g/mol. The van der Waals surface area contributed by atoms with Crippen molar-refractivity contribution in [2.24, 2.45) is 0 Å². The summed E-state index contributed by atoms with van der Waals surface area (Å²) in [6.07, 6.45) is 5.30. The Balaban J connectivity index is 1.94. The average Bonchev–Trinajstić information content (AvgIpc) is 2.29. The van der Waals surface area contributed by atoms with E-state index in [9.17, 15) is 4.79 Å². The topological polar surface area (TPSA) is 58.1 Å². The van der Waals surface area contributed by atoms with Crippen LogP contribution in [0.2, 0.25) is 0 Å². The van der Waals surface area contributed by atoms with Crippen LogP contribution in [0.4, 0.5) is 0 Å². The lowest BCUT2D eigenvalue weighted by Crippen LogP contribution is -2.46. The molecule has 92 valence electrons. The third kappa shape index (κ3) is 3.23. The van der Waals surface area contributed by atoms with Crippen LogP contribution in [0.1, 0.15) is 29.0 Å². The zero-order chi connectivity index (χ0) is 12.3. The smallest absolute Gasteiger partial charge is 0.271 e. The van der Waals surface area contributed by atoms with Crippen LogP contribution in [0.5, 0.6) is 0 Å². The van der Waals surface area contributed by atoms with Gasteiger partial charge in [-0.15, -0.1) is 0 Å². The van der Waals surface area contributed by atoms with E-state index >= 15 is 0 Å². The maximum absolute atomic E-state index is 11.9. The van der Waals surface area contributed by atoms with Gasteiger partial charge >= 0.3 is 0 Å². The Labute approximate surface area is 101 Å². The van der Waals surface area contributed by atoms with Crippen molar-refractivity contribution in [1.82, 2.24) is 20.2 Å². The third-order valence-corrected chi connectivity index (χ3v) is 2.97. The second kappa shape index (κ2) is 5.23. The number of carbonyl (C=O) groups is 1. The maximum atomic E-state index is 11.9.